The fraction of sp³-hybridized carbons (Fsp3) is 0.351. The number of aryl methyl sites for hydroxylation is 2. The summed E-state index contributed by atoms with van der Waals surface area (Å²) in [6.45, 7) is 4.60. The van der Waals surface area contributed by atoms with E-state index < -0.39 is 0 Å². The molecule has 0 unspecified atom stereocenters. The second-order valence-corrected chi connectivity index (χ2v) is 16.0. The molecule has 1 aliphatic heterocycles. The molecule has 5 heterocycles. The third kappa shape index (κ3) is 7.02. The number of nitrogens with one attached hydrogen (secondary N) is 1. The van der Waals surface area contributed by atoms with Crippen molar-refractivity contribution >= 4 is 57.0 Å². The highest BCUT2D eigenvalue weighted by atomic mass is 32.1. The molecule has 1 aromatic carbocycles. The van der Waals surface area contributed by atoms with Gasteiger partial charge in [0.1, 0.15) is 0 Å². The molecule has 1 N–H and O–H groups in total. The fourth-order valence-electron chi connectivity index (χ4n) is 5.72. The van der Waals surface area contributed by atoms with E-state index in [-0.39, 0.29) is 18.2 Å². The monoisotopic (exact) mass is 657 g/mol. The summed E-state index contributed by atoms with van der Waals surface area (Å²) in [5.74, 6) is -0.209. The summed E-state index contributed by atoms with van der Waals surface area (Å²) >= 11 is 7.55. The lowest BCUT2D eigenvalue weighted by atomic mass is 9.96. The van der Waals surface area contributed by atoms with Gasteiger partial charge in [0.25, 0.3) is 5.91 Å². The maximum Gasteiger partial charge on any atom is 0.252 e. The van der Waals surface area contributed by atoms with E-state index in [1.54, 1.807) is 17.4 Å². The van der Waals surface area contributed by atoms with Gasteiger partial charge < -0.3 is 5.32 Å². The number of amides is 1. The highest BCUT2D eigenvalue weighted by Crippen LogP contribution is 2.49. The van der Waals surface area contributed by atoms with Gasteiger partial charge in [0, 0.05) is 45.3 Å². The van der Waals surface area contributed by atoms with E-state index in [9.17, 15) is 9.59 Å². The number of benzene rings is 1. The largest absolute Gasteiger partial charge is 0.345 e. The van der Waals surface area contributed by atoms with Gasteiger partial charge in [0.2, 0.25) is 0 Å². The zero-order valence-electron chi connectivity index (χ0n) is 25.5. The molecule has 5 aromatic rings. The maximum atomic E-state index is 12.5. The van der Waals surface area contributed by atoms with Crippen LogP contribution in [-0.2, 0) is 12.8 Å². The van der Waals surface area contributed by atoms with Gasteiger partial charge in [-0.1, -0.05) is 58.4 Å². The van der Waals surface area contributed by atoms with Crippen molar-refractivity contribution in [2.24, 2.45) is 0 Å². The zero-order chi connectivity index (χ0) is 30.5. The summed E-state index contributed by atoms with van der Waals surface area (Å²) in [7, 11) is 0. The Balaban J connectivity index is 1.30. The van der Waals surface area contributed by atoms with Gasteiger partial charge in [-0.2, -0.15) is 0 Å². The van der Waals surface area contributed by atoms with Crippen LogP contribution in [-0.4, -0.2) is 18.2 Å². The molecule has 0 bridgehead atoms. The molecule has 3 nitrogen and oxygen atoms in total. The molecule has 1 aliphatic rings. The Morgan fingerprint density at radius 3 is 1.95 bits per heavy atom. The molecule has 0 radical (unpaired) electrons. The molecule has 7 heteroatoms. The number of hydrogen-bond donors (Lipinski definition) is 1. The molecule has 4 aromatic heterocycles. The number of Topliss-reactive ketones (excluding diaryl/α,β-unsaturated/α-hetero) is 1. The molecule has 0 aliphatic carbocycles. The second kappa shape index (κ2) is 14.5. The summed E-state index contributed by atoms with van der Waals surface area (Å²) in [5.41, 5.74) is 3.32. The molecule has 6 rings (SSSR count). The highest BCUT2D eigenvalue weighted by molar-refractivity contribution is 7.28. The van der Waals surface area contributed by atoms with E-state index in [2.05, 4.69) is 61.6 Å². The van der Waals surface area contributed by atoms with E-state index in [1.807, 2.05) is 46.1 Å². The molecular weight excluding hydrogens is 619 g/mol. The number of hydrogen-bond acceptors (Lipinski definition) is 6. The lowest BCUT2D eigenvalue weighted by Crippen LogP contribution is -2.36. The van der Waals surface area contributed by atoms with E-state index in [1.165, 1.54) is 97.5 Å². The standard InChI is InChI=1S/C37H39NO2S4/c1-3-5-7-9-11-25-14-17-32(41-25)29-22-35(44-36(29)34-18-15-26(42-34)12-10-8-6-4-2)33-20-19-31(43-33)24-13-16-27-28(21-24)30(39)23-38-37(27)40/h13-22H,3-12,23H2,1-2H3,(H,38,40). The van der Waals surface area contributed by atoms with Crippen molar-refractivity contribution in [2.75, 3.05) is 6.54 Å². The minimum absolute atomic E-state index is 0.0351. The van der Waals surface area contributed by atoms with Crippen LogP contribution in [0.15, 0.2) is 60.7 Å². The Bertz CT molecular complexity index is 1680. The van der Waals surface area contributed by atoms with Crippen molar-refractivity contribution in [3.05, 3.63) is 81.5 Å². The molecule has 1 amide bonds. The number of unbranched alkanes of at least 4 members (excludes halogenated alkanes) is 6. The van der Waals surface area contributed by atoms with E-state index in [4.69, 9.17) is 0 Å². The predicted octanol–water partition coefficient (Wildman–Crippen LogP) is 11.8. The molecule has 0 saturated heterocycles. The van der Waals surface area contributed by atoms with Crippen LogP contribution in [0.3, 0.4) is 0 Å². The van der Waals surface area contributed by atoms with Gasteiger partial charge in [-0.25, -0.2) is 0 Å². The lowest BCUT2D eigenvalue weighted by molar-refractivity contribution is 0.0877. The topological polar surface area (TPSA) is 46.2 Å². The SMILES string of the molecule is CCCCCCc1ccc(-c2cc(-c3ccc(-c4ccc5c(c4)C(=O)CNC5=O)s3)sc2-c2ccc(CCCCCC)s2)s1. The summed E-state index contributed by atoms with van der Waals surface area (Å²) in [6, 6.07) is 21.7. The average molecular weight is 658 g/mol. The molecule has 228 valence electrons. The number of fused-ring (bicyclic) bond motifs is 1. The lowest BCUT2D eigenvalue weighted by Gasteiger charge is -2.15. The zero-order valence-corrected chi connectivity index (χ0v) is 28.8. The number of thiophene rings is 4. The Morgan fingerprint density at radius 1 is 0.568 bits per heavy atom. The Kier molecular flexibility index (Phi) is 10.3. The predicted molar refractivity (Wildman–Crippen MR) is 192 cm³/mol. The van der Waals surface area contributed by atoms with Gasteiger partial charge in [0.15, 0.2) is 5.78 Å². The first kappa shape index (κ1) is 31.2. The number of rotatable bonds is 14. The van der Waals surface area contributed by atoms with Crippen LogP contribution in [0.1, 0.15) is 95.7 Å². The van der Waals surface area contributed by atoms with E-state index in [0.29, 0.717) is 11.1 Å². The van der Waals surface area contributed by atoms with Crippen LogP contribution in [0.5, 0.6) is 0 Å². The first-order valence-corrected chi connectivity index (χ1v) is 19.2. The minimum Gasteiger partial charge on any atom is -0.345 e. The van der Waals surface area contributed by atoms with Crippen molar-refractivity contribution in [1.82, 2.24) is 5.32 Å². The molecule has 0 spiro atoms. The Hall–Kier alpha value is -2.84. The molecule has 0 saturated carbocycles. The summed E-state index contributed by atoms with van der Waals surface area (Å²) < 4.78 is 0. The Labute approximate surface area is 277 Å². The van der Waals surface area contributed by atoms with Crippen molar-refractivity contribution in [1.29, 1.82) is 0 Å². The van der Waals surface area contributed by atoms with Gasteiger partial charge in [-0.15, -0.1) is 45.3 Å². The van der Waals surface area contributed by atoms with Gasteiger partial charge in [-0.05, 0) is 85.8 Å². The molecule has 0 fully saturated rings. The van der Waals surface area contributed by atoms with Crippen molar-refractivity contribution in [2.45, 2.75) is 78.1 Å². The van der Waals surface area contributed by atoms with Crippen molar-refractivity contribution in [3.8, 4) is 40.4 Å². The quantitative estimate of drug-likeness (QED) is 0.121. The summed E-state index contributed by atoms with van der Waals surface area (Å²) in [4.78, 5) is 35.4. The third-order valence-electron chi connectivity index (χ3n) is 8.21. The average Bonchev–Trinajstić information content (AvgIpc) is 3.85. The summed E-state index contributed by atoms with van der Waals surface area (Å²) in [6.07, 6.45) is 12.6. The Morgan fingerprint density at radius 2 is 1.23 bits per heavy atom. The number of carbonyl (C=O) groups excluding carboxylic acids is 2. The number of ketones is 1. The van der Waals surface area contributed by atoms with Gasteiger partial charge in [-0.3, -0.25) is 9.59 Å². The molecule has 0 atom stereocenters. The van der Waals surface area contributed by atoms with E-state index in [0.717, 1.165) is 16.9 Å². The summed E-state index contributed by atoms with van der Waals surface area (Å²) in [5, 5.41) is 2.66. The van der Waals surface area contributed by atoms with E-state index >= 15 is 0 Å². The van der Waals surface area contributed by atoms with Crippen molar-refractivity contribution < 1.29 is 9.59 Å². The third-order valence-corrected chi connectivity index (χ3v) is 13.2. The first-order chi connectivity index (χ1) is 21.5. The molecular formula is C37H39NO2S4. The normalized spacial score (nSPS) is 13.0. The van der Waals surface area contributed by atoms with Gasteiger partial charge in [0.05, 0.1) is 17.0 Å². The van der Waals surface area contributed by atoms with Crippen LogP contribution in [0.4, 0.5) is 0 Å². The van der Waals surface area contributed by atoms with Crippen LogP contribution in [0.2, 0.25) is 0 Å². The fourth-order valence-corrected chi connectivity index (χ4v) is 10.3. The highest BCUT2D eigenvalue weighted by Gasteiger charge is 2.24. The number of carbonyl (C=O) groups is 2. The van der Waals surface area contributed by atoms with Crippen molar-refractivity contribution in [3.63, 3.8) is 0 Å². The first-order valence-electron chi connectivity index (χ1n) is 15.9. The second-order valence-electron chi connectivity index (χ2n) is 11.5. The molecule has 44 heavy (non-hydrogen) atoms. The maximum absolute atomic E-state index is 12.5. The van der Waals surface area contributed by atoms with Crippen LogP contribution >= 0.6 is 45.3 Å². The minimum atomic E-state index is -0.174. The smallest absolute Gasteiger partial charge is 0.252 e. The van der Waals surface area contributed by atoms with Gasteiger partial charge >= 0.3 is 0 Å². The van der Waals surface area contributed by atoms with Crippen LogP contribution in [0, 0.1) is 0 Å². The van der Waals surface area contributed by atoms with Crippen LogP contribution in [0.25, 0.3) is 40.4 Å². The van der Waals surface area contributed by atoms with Crippen LogP contribution < -0.4 is 5.32 Å².